The van der Waals surface area contributed by atoms with Crippen molar-refractivity contribution in [3.63, 3.8) is 0 Å². The first-order chi connectivity index (χ1) is 21.8. The van der Waals surface area contributed by atoms with Crippen LogP contribution in [0.1, 0.15) is 38.2 Å². The van der Waals surface area contributed by atoms with Gasteiger partial charge in [-0.2, -0.15) is 9.97 Å². The van der Waals surface area contributed by atoms with Gasteiger partial charge >= 0.3 is 6.01 Å². The van der Waals surface area contributed by atoms with E-state index in [9.17, 15) is 9.50 Å². The van der Waals surface area contributed by atoms with Crippen molar-refractivity contribution in [3.05, 3.63) is 41.5 Å². The Labute approximate surface area is 258 Å². The number of rotatable bonds is 5. The van der Waals surface area contributed by atoms with Crippen molar-refractivity contribution in [1.29, 1.82) is 0 Å². The van der Waals surface area contributed by atoms with Gasteiger partial charge in [0.25, 0.3) is 0 Å². The molecule has 6 heterocycles. The smallest absolute Gasteiger partial charge is 0.319 e. The number of piperidine rings is 1. The molecule has 2 unspecified atom stereocenters. The number of alkyl halides is 1. The van der Waals surface area contributed by atoms with Crippen LogP contribution in [0, 0.1) is 11.6 Å². The topological polar surface area (TPSA) is 95.9 Å². The highest BCUT2D eigenvalue weighted by Gasteiger charge is 2.49. The van der Waals surface area contributed by atoms with Crippen molar-refractivity contribution < 1.29 is 27.8 Å². The molecule has 4 aliphatic heterocycles. The number of benzene rings is 2. The Kier molecular flexibility index (Phi) is 6.72. The molecule has 2 aromatic carbocycles. The number of hydrogen-bond acceptors (Lipinski definition) is 9. The molecule has 3 fully saturated rings. The fourth-order valence-corrected chi connectivity index (χ4v) is 8.01. The van der Waals surface area contributed by atoms with Crippen LogP contribution >= 0.6 is 0 Å². The van der Waals surface area contributed by atoms with Crippen LogP contribution in [-0.4, -0.2) is 88.6 Å². The number of nitrogens with one attached hydrogen (secondary N) is 1. The first-order valence-electron chi connectivity index (χ1n) is 15.7. The largest absolute Gasteiger partial charge is 0.508 e. The Morgan fingerprint density at radius 3 is 2.89 bits per heavy atom. The molecule has 0 amide bonds. The van der Waals surface area contributed by atoms with E-state index in [0.717, 1.165) is 25.9 Å². The molecule has 45 heavy (non-hydrogen) atoms. The van der Waals surface area contributed by atoms with E-state index in [-0.39, 0.29) is 53.2 Å². The number of nitrogens with zero attached hydrogens (tertiary/aromatic N) is 5. The van der Waals surface area contributed by atoms with Gasteiger partial charge in [-0.25, -0.2) is 18.2 Å². The highest BCUT2D eigenvalue weighted by Crippen LogP contribution is 2.45. The molecule has 4 aliphatic rings. The predicted octanol–water partition coefficient (Wildman–Crippen LogP) is 4.91. The number of aryl methyl sites for hydroxylation is 1. The van der Waals surface area contributed by atoms with Crippen molar-refractivity contribution in [3.8, 4) is 28.9 Å². The van der Waals surface area contributed by atoms with E-state index in [0.29, 0.717) is 59.9 Å². The molecular formula is C33H35F3N6O3. The van der Waals surface area contributed by atoms with E-state index in [1.165, 1.54) is 18.2 Å². The molecule has 4 atom stereocenters. The van der Waals surface area contributed by atoms with Crippen molar-refractivity contribution >= 4 is 27.5 Å². The third-order valence-electron chi connectivity index (χ3n) is 10.2. The predicted molar refractivity (Wildman–Crippen MR) is 164 cm³/mol. The zero-order valence-electron chi connectivity index (χ0n) is 25.2. The Morgan fingerprint density at radius 1 is 1.18 bits per heavy atom. The fraction of sp³-hybridized carbons (Fsp3) is 0.485. The van der Waals surface area contributed by atoms with Crippen LogP contribution in [0.25, 0.3) is 32.9 Å². The molecule has 0 saturated carbocycles. The molecule has 12 heteroatoms. The lowest BCUT2D eigenvalue weighted by Crippen LogP contribution is -2.54. The van der Waals surface area contributed by atoms with Crippen molar-refractivity contribution in [2.45, 2.75) is 62.9 Å². The standard InChI is InChI=1S/C33H35F3N6O3/c1-3-20-22(35)6-5-17-11-19(43)12-21(25(17)20)28-27(36)29-26-30(41(2)23-14-37-9-7-24(23)45-31(26)38-28)40-32(39-29)44-16-33-8-4-10-42(33)15-18(34)13-33/h5-6,11-12,18,23-24,37,43H,3-4,7-10,13-16H2,1-2H3/t18-,23?,24?,33+/m1/s1. The molecule has 8 rings (SSSR count). The van der Waals surface area contributed by atoms with Crippen LogP contribution < -0.4 is 19.7 Å². The minimum atomic E-state index is -0.918. The van der Waals surface area contributed by atoms with Gasteiger partial charge in [-0.05, 0) is 73.3 Å². The number of likely N-dealkylation sites (N-methyl/N-ethyl adjacent to an activating group) is 1. The lowest BCUT2D eigenvalue weighted by molar-refractivity contribution is 0.107. The summed E-state index contributed by atoms with van der Waals surface area (Å²) in [5.41, 5.74) is 0.0382. The minimum absolute atomic E-state index is 0.0156. The summed E-state index contributed by atoms with van der Waals surface area (Å²) in [5, 5.41) is 15.4. The molecule has 236 valence electrons. The number of aromatic hydroxyl groups is 1. The summed E-state index contributed by atoms with van der Waals surface area (Å²) in [4.78, 5) is 18.2. The molecule has 0 aliphatic carbocycles. The Balaban J connectivity index is 1.33. The number of pyridine rings is 1. The van der Waals surface area contributed by atoms with Crippen LogP contribution in [0.2, 0.25) is 0 Å². The number of fused-ring (bicyclic) bond motifs is 3. The molecule has 4 aromatic rings. The fourth-order valence-electron chi connectivity index (χ4n) is 8.01. The lowest BCUT2D eigenvalue weighted by atomic mass is 9.94. The van der Waals surface area contributed by atoms with E-state index in [1.54, 1.807) is 6.07 Å². The first-order valence-corrected chi connectivity index (χ1v) is 15.7. The second kappa shape index (κ2) is 10.6. The van der Waals surface area contributed by atoms with Gasteiger partial charge in [0.05, 0.1) is 11.6 Å². The molecule has 0 radical (unpaired) electrons. The van der Waals surface area contributed by atoms with E-state index in [1.807, 2.05) is 18.9 Å². The summed E-state index contributed by atoms with van der Waals surface area (Å²) in [6.07, 6.45) is 2.01. The average Bonchev–Trinajstić information content (AvgIpc) is 3.52. The summed E-state index contributed by atoms with van der Waals surface area (Å²) in [7, 11) is 1.89. The third kappa shape index (κ3) is 4.47. The second-order valence-electron chi connectivity index (χ2n) is 12.8. The number of ether oxygens (including phenoxy) is 2. The molecule has 0 spiro atoms. The van der Waals surface area contributed by atoms with Crippen LogP contribution in [0.5, 0.6) is 17.6 Å². The number of aromatic nitrogens is 3. The van der Waals surface area contributed by atoms with Gasteiger partial charge in [-0.1, -0.05) is 13.0 Å². The Hall–Kier alpha value is -3.90. The van der Waals surface area contributed by atoms with Gasteiger partial charge in [-0.3, -0.25) is 4.90 Å². The lowest BCUT2D eigenvalue weighted by Gasteiger charge is -2.36. The summed E-state index contributed by atoms with van der Waals surface area (Å²) < 4.78 is 59.3. The number of anilines is 1. The number of halogens is 3. The van der Waals surface area contributed by atoms with Gasteiger partial charge < -0.3 is 24.8 Å². The maximum atomic E-state index is 17.0. The summed E-state index contributed by atoms with van der Waals surface area (Å²) in [6, 6.07) is 5.70. The van der Waals surface area contributed by atoms with Gasteiger partial charge in [0.1, 0.15) is 52.9 Å². The number of phenolic OH excluding ortho intramolecular Hbond substituents is 1. The second-order valence-corrected chi connectivity index (χ2v) is 12.8. The maximum absolute atomic E-state index is 17.0. The molecule has 0 bridgehead atoms. The van der Waals surface area contributed by atoms with Crippen LogP contribution in [0.3, 0.4) is 0 Å². The van der Waals surface area contributed by atoms with Gasteiger partial charge in [0.15, 0.2) is 5.82 Å². The molecule has 2 aromatic heterocycles. The van der Waals surface area contributed by atoms with Crippen LogP contribution in [0.4, 0.5) is 19.0 Å². The van der Waals surface area contributed by atoms with Crippen LogP contribution in [0.15, 0.2) is 24.3 Å². The van der Waals surface area contributed by atoms with Gasteiger partial charge in [0.2, 0.25) is 5.88 Å². The molecule has 3 saturated heterocycles. The highest BCUT2D eigenvalue weighted by molar-refractivity contribution is 6.03. The Morgan fingerprint density at radius 2 is 2.04 bits per heavy atom. The normalized spacial score (nSPS) is 26.2. The van der Waals surface area contributed by atoms with Crippen molar-refractivity contribution in [2.24, 2.45) is 0 Å². The monoisotopic (exact) mass is 620 g/mol. The number of phenols is 1. The number of hydrogen-bond donors (Lipinski definition) is 2. The van der Waals surface area contributed by atoms with Crippen molar-refractivity contribution in [2.75, 3.05) is 44.7 Å². The minimum Gasteiger partial charge on any atom is -0.508 e. The molecule has 2 N–H and O–H groups in total. The van der Waals surface area contributed by atoms with E-state index in [2.05, 4.69) is 15.2 Å². The first kappa shape index (κ1) is 28.6. The van der Waals surface area contributed by atoms with E-state index >= 15 is 8.78 Å². The third-order valence-corrected chi connectivity index (χ3v) is 10.2. The maximum Gasteiger partial charge on any atom is 0.319 e. The molecule has 9 nitrogen and oxygen atoms in total. The van der Waals surface area contributed by atoms with Gasteiger partial charge in [-0.15, -0.1) is 0 Å². The SMILES string of the molecule is CCc1c(F)ccc2cc(O)cc(-c3nc4c5c(nc(OC[C@@]67CCCN6C[C@H](F)C7)nc5c3F)N(C)C3CNCCC3O4)c12. The zero-order valence-corrected chi connectivity index (χ0v) is 25.2. The summed E-state index contributed by atoms with van der Waals surface area (Å²) in [6.45, 7) is 4.58. The summed E-state index contributed by atoms with van der Waals surface area (Å²) >= 11 is 0. The van der Waals surface area contributed by atoms with Gasteiger partial charge in [0, 0.05) is 32.1 Å². The van der Waals surface area contributed by atoms with Crippen molar-refractivity contribution in [1.82, 2.24) is 25.2 Å². The molecular weight excluding hydrogens is 585 g/mol. The van der Waals surface area contributed by atoms with E-state index < -0.39 is 23.3 Å². The Bertz CT molecular complexity index is 1840. The van der Waals surface area contributed by atoms with Crippen LogP contribution in [-0.2, 0) is 6.42 Å². The average molecular weight is 621 g/mol. The summed E-state index contributed by atoms with van der Waals surface area (Å²) in [5.74, 6) is -0.684. The zero-order chi connectivity index (χ0) is 31.0. The van der Waals surface area contributed by atoms with E-state index in [4.69, 9.17) is 19.4 Å². The quantitative estimate of drug-likeness (QED) is 0.323. The highest BCUT2D eigenvalue weighted by atomic mass is 19.1.